The van der Waals surface area contributed by atoms with Crippen LogP contribution in [-0.2, 0) is 4.74 Å². The molecule has 0 aliphatic carbocycles. The molecule has 0 aromatic heterocycles. The summed E-state index contributed by atoms with van der Waals surface area (Å²) in [6.07, 6.45) is 2.61. The number of piperidine rings is 1. The van der Waals surface area contributed by atoms with Gasteiger partial charge in [-0.2, -0.15) is 0 Å². The Balaban J connectivity index is 2.23. The van der Waals surface area contributed by atoms with E-state index in [4.69, 9.17) is 4.74 Å². The van der Waals surface area contributed by atoms with Gasteiger partial charge in [0.2, 0.25) is 0 Å². The van der Waals surface area contributed by atoms with Crippen LogP contribution in [0.15, 0.2) is 18.2 Å². The third kappa shape index (κ3) is 2.53. The van der Waals surface area contributed by atoms with Crippen molar-refractivity contribution < 1.29 is 13.9 Å². The quantitative estimate of drug-likeness (QED) is 0.773. The van der Waals surface area contributed by atoms with Crippen LogP contribution in [0.1, 0.15) is 30.1 Å². The van der Waals surface area contributed by atoms with E-state index in [9.17, 15) is 9.18 Å². The standard InChI is InChI=1S/C14H18FNO2/c1-14(18-2)6-3-7-16(10-14)13-5-4-11(9-17)8-12(13)15/h4-5,8-9H,3,6-7,10H2,1-2H3. The SMILES string of the molecule is COC1(C)CCCN(c2ccc(C=O)cc2F)C1. The van der Waals surface area contributed by atoms with Gasteiger partial charge in [0.25, 0.3) is 0 Å². The zero-order valence-corrected chi connectivity index (χ0v) is 10.8. The van der Waals surface area contributed by atoms with Crippen molar-refractivity contribution in [1.82, 2.24) is 0 Å². The molecule has 1 fully saturated rings. The highest BCUT2D eigenvalue weighted by atomic mass is 19.1. The molecule has 0 N–H and O–H groups in total. The van der Waals surface area contributed by atoms with Gasteiger partial charge in [-0.3, -0.25) is 4.79 Å². The molecule has 1 aliphatic rings. The molecule has 0 radical (unpaired) electrons. The summed E-state index contributed by atoms with van der Waals surface area (Å²) >= 11 is 0. The van der Waals surface area contributed by atoms with Gasteiger partial charge in [0.05, 0.1) is 11.3 Å². The Hall–Kier alpha value is -1.42. The number of nitrogens with zero attached hydrogens (tertiary/aromatic N) is 1. The van der Waals surface area contributed by atoms with Gasteiger partial charge in [-0.05, 0) is 38.0 Å². The Morgan fingerprint density at radius 1 is 1.50 bits per heavy atom. The summed E-state index contributed by atoms with van der Waals surface area (Å²) in [5.74, 6) is -0.347. The summed E-state index contributed by atoms with van der Waals surface area (Å²) < 4.78 is 19.4. The van der Waals surface area contributed by atoms with E-state index >= 15 is 0 Å². The lowest BCUT2D eigenvalue weighted by molar-refractivity contribution is -0.00477. The lowest BCUT2D eigenvalue weighted by Crippen LogP contribution is -2.47. The second-order valence-corrected chi connectivity index (χ2v) is 5.01. The Morgan fingerprint density at radius 2 is 2.28 bits per heavy atom. The number of ether oxygens (including phenoxy) is 1. The van der Waals surface area contributed by atoms with Crippen molar-refractivity contribution >= 4 is 12.0 Å². The zero-order chi connectivity index (χ0) is 13.2. The number of anilines is 1. The molecule has 1 aromatic carbocycles. The van der Waals surface area contributed by atoms with Gasteiger partial charge >= 0.3 is 0 Å². The predicted octanol–water partition coefficient (Wildman–Crippen LogP) is 2.64. The smallest absolute Gasteiger partial charge is 0.150 e. The Bertz CT molecular complexity index is 449. The first-order valence-electron chi connectivity index (χ1n) is 6.13. The molecule has 0 bridgehead atoms. The maximum Gasteiger partial charge on any atom is 0.150 e. The van der Waals surface area contributed by atoms with E-state index in [1.54, 1.807) is 19.2 Å². The maximum absolute atomic E-state index is 13.9. The van der Waals surface area contributed by atoms with Crippen LogP contribution in [0.2, 0.25) is 0 Å². The van der Waals surface area contributed by atoms with E-state index in [2.05, 4.69) is 0 Å². The molecular weight excluding hydrogens is 233 g/mol. The van der Waals surface area contributed by atoms with Gasteiger partial charge in [0.1, 0.15) is 12.1 Å². The molecule has 1 aliphatic heterocycles. The number of methoxy groups -OCH3 is 1. The molecular formula is C14H18FNO2. The van der Waals surface area contributed by atoms with Crippen LogP contribution in [0, 0.1) is 5.82 Å². The molecule has 0 spiro atoms. The van der Waals surface area contributed by atoms with Crippen LogP contribution < -0.4 is 4.90 Å². The number of benzene rings is 1. The topological polar surface area (TPSA) is 29.5 Å². The van der Waals surface area contributed by atoms with Crippen molar-refractivity contribution in [3.05, 3.63) is 29.6 Å². The lowest BCUT2D eigenvalue weighted by Gasteiger charge is -2.40. The molecule has 98 valence electrons. The number of hydrogen-bond donors (Lipinski definition) is 0. The fourth-order valence-electron chi connectivity index (χ4n) is 2.43. The monoisotopic (exact) mass is 251 g/mol. The molecule has 4 heteroatoms. The molecule has 0 saturated carbocycles. The number of aldehydes is 1. The van der Waals surface area contributed by atoms with Crippen LogP contribution in [0.5, 0.6) is 0 Å². The highest BCUT2D eigenvalue weighted by molar-refractivity contribution is 5.76. The first-order chi connectivity index (χ1) is 8.58. The number of hydrogen-bond acceptors (Lipinski definition) is 3. The third-order valence-corrected chi connectivity index (χ3v) is 3.60. The van der Waals surface area contributed by atoms with E-state index in [1.165, 1.54) is 6.07 Å². The highest BCUT2D eigenvalue weighted by Gasteiger charge is 2.31. The summed E-state index contributed by atoms with van der Waals surface area (Å²) in [5, 5.41) is 0. The molecule has 1 aromatic rings. The van der Waals surface area contributed by atoms with Crippen LogP contribution in [0.3, 0.4) is 0 Å². The van der Waals surface area contributed by atoms with Crippen LogP contribution >= 0.6 is 0 Å². The van der Waals surface area contributed by atoms with E-state index in [1.807, 2.05) is 11.8 Å². The minimum atomic E-state index is -0.347. The van der Waals surface area contributed by atoms with E-state index in [-0.39, 0.29) is 11.4 Å². The number of carbonyl (C=O) groups is 1. The van der Waals surface area contributed by atoms with Crippen molar-refractivity contribution in [1.29, 1.82) is 0 Å². The van der Waals surface area contributed by atoms with Crippen molar-refractivity contribution in [2.75, 3.05) is 25.1 Å². The van der Waals surface area contributed by atoms with Gasteiger partial charge in [-0.25, -0.2) is 4.39 Å². The molecule has 1 saturated heterocycles. The minimum absolute atomic E-state index is 0.228. The summed E-state index contributed by atoms with van der Waals surface area (Å²) in [6.45, 7) is 3.52. The average Bonchev–Trinajstić information content (AvgIpc) is 2.38. The fraction of sp³-hybridized carbons (Fsp3) is 0.500. The Kier molecular flexibility index (Phi) is 3.66. The summed E-state index contributed by atoms with van der Waals surface area (Å²) in [5.41, 5.74) is 0.680. The average molecular weight is 251 g/mol. The molecule has 0 amide bonds. The van der Waals surface area contributed by atoms with Crippen LogP contribution in [0.25, 0.3) is 0 Å². The number of halogens is 1. The minimum Gasteiger partial charge on any atom is -0.377 e. The van der Waals surface area contributed by atoms with Crippen molar-refractivity contribution in [3.8, 4) is 0 Å². The zero-order valence-electron chi connectivity index (χ0n) is 10.8. The second kappa shape index (κ2) is 5.06. The maximum atomic E-state index is 13.9. The predicted molar refractivity (Wildman–Crippen MR) is 68.6 cm³/mol. The van der Waals surface area contributed by atoms with Crippen LogP contribution in [0.4, 0.5) is 10.1 Å². The summed E-state index contributed by atoms with van der Waals surface area (Å²) in [7, 11) is 1.69. The van der Waals surface area contributed by atoms with Gasteiger partial charge in [0, 0.05) is 25.8 Å². The van der Waals surface area contributed by atoms with E-state index in [0.29, 0.717) is 24.1 Å². The summed E-state index contributed by atoms with van der Waals surface area (Å²) in [6, 6.07) is 4.59. The van der Waals surface area contributed by atoms with Gasteiger partial charge in [0.15, 0.2) is 0 Å². The molecule has 2 rings (SSSR count). The van der Waals surface area contributed by atoms with Gasteiger partial charge < -0.3 is 9.64 Å². The fourth-order valence-corrected chi connectivity index (χ4v) is 2.43. The molecule has 1 heterocycles. The highest BCUT2D eigenvalue weighted by Crippen LogP contribution is 2.29. The van der Waals surface area contributed by atoms with Crippen molar-refractivity contribution in [2.24, 2.45) is 0 Å². The largest absolute Gasteiger partial charge is 0.377 e. The van der Waals surface area contributed by atoms with Gasteiger partial charge in [-0.1, -0.05) is 0 Å². The van der Waals surface area contributed by atoms with E-state index in [0.717, 1.165) is 19.4 Å². The first kappa shape index (κ1) is 13.0. The lowest BCUT2D eigenvalue weighted by atomic mass is 9.94. The molecule has 1 unspecified atom stereocenters. The molecule has 1 atom stereocenters. The van der Waals surface area contributed by atoms with Crippen molar-refractivity contribution in [2.45, 2.75) is 25.4 Å². The number of rotatable bonds is 3. The summed E-state index contributed by atoms with van der Waals surface area (Å²) in [4.78, 5) is 12.6. The number of carbonyl (C=O) groups excluding carboxylic acids is 1. The third-order valence-electron chi connectivity index (χ3n) is 3.60. The first-order valence-corrected chi connectivity index (χ1v) is 6.13. The molecule has 3 nitrogen and oxygen atoms in total. The molecule has 18 heavy (non-hydrogen) atoms. The van der Waals surface area contributed by atoms with Crippen molar-refractivity contribution in [3.63, 3.8) is 0 Å². The normalized spacial score (nSPS) is 24.1. The van der Waals surface area contributed by atoms with Gasteiger partial charge in [-0.15, -0.1) is 0 Å². The second-order valence-electron chi connectivity index (χ2n) is 5.01. The van der Waals surface area contributed by atoms with E-state index < -0.39 is 0 Å². The van der Waals surface area contributed by atoms with Crippen LogP contribution in [-0.4, -0.2) is 32.1 Å². The Morgan fingerprint density at radius 3 is 2.89 bits per heavy atom. The Labute approximate surface area is 107 Å².